The van der Waals surface area contributed by atoms with Gasteiger partial charge in [-0.1, -0.05) is 0 Å². The first-order chi connectivity index (χ1) is 16.5. The molecule has 0 saturated heterocycles. The number of amides is 1. The third kappa shape index (κ3) is 4.39. The number of carbonyl (C=O) groups excluding carboxylic acids is 1. The second-order valence-corrected chi connectivity index (χ2v) is 8.64. The standard InChI is InChI=1S/C23H27N7O3S/c1-3-29-17-11-18-15(10-16(17)27-23(29)32)26-22(30(18)8-5-9-33-4-2)28-21(31)20-7-6-19(34-20)14(12-24)13-25/h6-7,10-13,24H,3-5,8-9,25H2,1-2H3,(H,27,32)(H,26,28,31)/b14-13+,24-12?. The number of nitrogens with zero attached hydrogens (tertiary/aromatic N) is 3. The van der Waals surface area contributed by atoms with E-state index in [0.29, 0.717) is 53.7 Å². The molecule has 11 heteroatoms. The van der Waals surface area contributed by atoms with Gasteiger partial charge < -0.3 is 25.4 Å². The highest BCUT2D eigenvalue weighted by molar-refractivity contribution is 7.15. The maximum absolute atomic E-state index is 13.0. The number of nitrogens with two attached hydrogens (primary N) is 1. The number of aromatic nitrogens is 4. The molecule has 10 nitrogen and oxygen atoms in total. The molecule has 0 bridgehead atoms. The van der Waals surface area contributed by atoms with Crippen molar-refractivity contribution >= 4 is 57.0 Å². The van der Waals surface area contributed by atoms with Crippen molar-refractivity contribution in [3.8, 4) is 0 Å². The number of rotatable bonds is 10. The SMILES string of the molecule is CCOCCCn1c(NC(=O)c2ccc(/C(C=N)=C/N)s2)nc2cc3[nH]c(=O)n(CC)c3cc21. The Bertz CT molecular complexity index is 1440. The number of fused-ring (bicyclic) bond motifs is 2. The van der Waals surface area contributed by atoms with E-state index in [9.17, 15) is 9.59 Å². The number of ether oxygens (including phenoxy) is 1. The fourth-order valence-electron chi connectivity index (χ4n) is 3.86. The Kier molecular flexibility index (Phi) is 6.94. The first-order valence-electron chi connectivity index (χ1n) is 11.0. The lowest BCUT2D eigenvalue weighted by Gasteiger charge is -2.10. The van der Waals surface area contributed by atoms with Crippen LogP contribution in [0, 0.1) is 5.41 Å². The predicted octanol–water partition coefficient (Wildman–Crippen LogP) is 3.39. The van der Waals surface area contributed by atoms with E-state index in [-0.39, 0.29) is 11.6 Å². The van der Waals surface area contributed by atoms with Gasteiger partial charge in [0.15, 0.2) is 0 Å². The molecule has 4 aromatic rings. The van der Waals surface area contributed by atoms with Crippen LogP contribution < -0.4 is 16.7 Å². The lowest BCUT2D eigenvalue weighted by Crippen LogP contribution is -2.16. The van der Waals surface area contributed by atoms with Crippen LogP contribution in [0.25, 0.3) is 27.6 Å². The maximum atomic E-state index is 13.0. The van der Waals surface area contributed by atoms with Crippen molar-refractivity contribution in [3.63, 3.8) is 0 Å². The number of allylic oxidation sites excluding steroid dienone is 1. The summed E-state index contributed by atoms with van der Waals surface area (Å²) < 4.78 is 9.10. The van der Waals surface area contributed by atoms with Gasteiger partial charge in [-0.2, -0.15) is 0 Å². The number of thiophene rings is 1. The fourth-order valence-corrected chi connectivity index (χ4v) is 4.76. The number of hydrogen-bond donors (Lipinski definition) is 4. The zero-order valence-electron chi connectivity index (χ0n) is 19.1. The minimum absolute atomic E-state index is 0.161. The lowest BCUT2D eigenvalue weighted by molar-refractivity contribution is 0.102. The first-order valence-corrected chi connectivity index (χ1v) is 11.9. The minimum Gasteiger partial charge on any atom is -0.404 e. The Morgan fingerprint density at radius 3 is 2.76 bits per heavy atom. The van der Waals surface area contributed by atoms with Gasteiger partial charge in [0.25, 0.3) is 5.91 Å². The summed E-state index contributed by atoms with van der Waals surface area (Å²) in [6.07, 6.45) is 3.24. The lowest BCUT2D eigenvalue weighted by atomic mass is 10.2. The van der Waals surface area contributed by atoms with Crippen molar-refractivity contribution in [1.82, 2.24) is 19.1 Å². The van der Waals surface area contributed by atoms with Crippen molar-refractivity contribution in [2.45, 2.75) is 33.4 Å². The number of anilines is 1. The largest absolute Gasteiger partial charge is 0.404 e. The molecule has 34 heavy (non-hydrogen) atoms. The Hall–Kier alpha value is -3.70. The van der Waals surface area contributed by atoms with Crippen LogP contribution in [0.5, 0.6) is 0 Å². The highest BCUT2D eigenvalue weighted by atomic mass is 32.1. The molecule has 1 amide bonds. The Balaban J connectivity index is 1.72. The summed E-state index contributed by atoms with van der Waals surface area (Å²) in [7, 11) is 0. The highest BCUT2D eigenvalue weighted by Gasteiger charge is 2.18. The number of nitrogens with one attached hydrogen (secondary N) is 3. The van der Waals surface area contributed by atoms with Gasteiger partial charge in [0.2, 0.25) is 5.95 Å². The molecule has 5 N–H and O–H groups in total. The van der Waals surface area contributed by atoms with E-state index in [1.165, 1.54) is 17.5 Å². The monoisotopic (exact) mass is 481 g/mol. The van der Waals surface area contributed by atoms with Gasteiger partial charge >= 0.3 is 5.69 Å². The molecule has 0 aliphatic carbocycles. The second kappa shape index (κ2) is 10.1. The summed E-state index contributed by atoms with van der Waals surface area (Å²) >= 11 is 1.25. The number of H-pyrrole nitrogens is 1. The highest BCUT2D eigenvalue weighted by Crippen LogP contribution is 2.27. The fraction of sp³-hybridized carbons (Fsp3) is 0.304. The van der Waals surface area contributed by atoms with Crippen LogP contribution in [0.1, 0.15) is 34.8 Å². The number of aromatic amines is 1. The summed E-state index contributed by atoms with van der Waals surface area (Å²) in [6, 6.07) is 7.23. The molecule has 0 unspecified atom stereocenters. The van der Waals surface area contributed by atoms with Crippen LogP contribution in [0.4, 0.5) is 5.95 Å². The molecular weight excluding hydrogens is 454 g/mol. The van der Waals surface area contributed by atoms with E-state index in [1.807, 2.05) is 30.5 Å². The quantitative estimate of drug-likeness (QED) is 0.203. The maximum Gasteiger partial charge on any atom is 0.326 e. The molecule has 3 aromatic heterocycles. The summed E-state index contributed by atoms with van der Waals surface area (Å²) in [4.78, 5) is 34.0. The Morgan fingerprint density at radius 2 is 2.06 bits per heavy atom. The van der Waals surface area contributed by atoms with Crippen LogP contribution in [-0.4, -0.2) is 44.4 Å². The summed E-state index contributed by atoms with van der Waals surface area (Å²) in [5, 5.41) is 10.4. The predicted molar refractivity (Wildman–Crippen MR) is 136 cm³/mol. The zero-order chi connectivity index (χ0) is 24.2. The molecular formula is C23H27N7O3S. The zero-order valence-corrected chi connectivity index (χ0v) is 19.9. The normalized spacial score (nSPS) is 12.0. The Labute approximate surface area is 199 Å². The molecule has 0 aliphatic rings. The van der Waals surface area contributed by atoms with E-state index in [4.69, 9.17) is 15.9 Å². The molecule has 0 aliphatic heterocycles. The van der Waals surface area contributed by atoms with E-state index < -0.39 is 0 Å². The molecule has 0 radical (unpaired) electrons. The van der Waals surface area contributed by atoms with Crippen LogP contribution in [-0.2, 0) is 17.8 Å². The van der Waals surface area contributed by atoms with Crippen LogP contribution in [0.15, 0.2) is 35.3 Å². The van der Waals surface area contributed by atoms with Crippen molar-refractivity contribution in [2.24, 2.45) is 5.73 Å². The topological polar surface area (TPSA) is 144 Å². The average molecular weight is 482 g/mol. The van der Waals surface area contributed by atoms with Gasteiger partial charge in [-0.05, 0) is 44.5 Å². The van der Waals surface area contributed by atoms with Gasteiger partial charge in [0, 0.05) is 49.2 Å². The molecule has 0 spiro atoms. The molecule has 178 valence electrons. The first kappa shape index (κ1) is 23.5. The summed E-state index contributed by atoms with van der Waals surface area (Å²) in [6.45, 7) is 6.22. The number of hydrogen-bond acceptors (Lipinski definition) is 7. The van der Waals surface area contributed by atoms with Gasteiger partial charge in [-0.3, -0.25) is 14.7 Å². The van der Waals surface area contributed by atoms with Crippen LogP contribution >= 0.6 is 11.3 Å². The second-order valence-electron chi connectivity index (χ2n) is 7.55. The smallest absolute Gasteiger partial charge is 0.326 e. The van der Waals surface area contributed by atoms with E-state index >= 15 is 0 Å². The number of imidazole rings is 2. The van der Waals surface area contributed by atoms with Gasteiger partial charge in [-0.25, -0.2) is 9.78 Å². The molecule has 0 fully saturated rings. The van der Waals surface area contributed by atoms with Crippen LogP contribution in [0.2, 0.25) is 0 Å². The number of carbonyl (C=O) groups is 1. The van der Waals surface area contributed by atoms with Gasteiger partial charge in [0.05, 0.1) is 26.9 Å². The van der Waals surface area contributed by atoms with E-state index in [2.05, 4.69) is 15.3 Å². The Morgan fingerprint density at radius 1 is 1.26 bits per heavy atom. The average Bonchev–Trinajstić information content (AvgIpc) is 3.51. The van der Waals surface area contributed by atoms with Gasteiger partial charge in [0.1, 0.15) is 0 Å². The molecule has 4 rings (SSSR count). The van der Waals surface area contributed by atoms with Gasteiger partial charge in [-0.15, -0.1) is 11.3 Å². The molecule has 0 saturated carbocycles. The van der Waals surface area contributed by atoms with E-state index in [1.54, 1.807) is 16.7 Å². The van der Waals surface area contributed by atoms with Crippen molar-refractivity contribution in [3.05, 3.63) is 50.7 Å². The third-order valence-electron chi connectivity index (χ3n) is 5.51. The number of benzene rings is 1. The third-order valence-corrected chi connectivity index (χ3v) is 6.64. The summed E-state index contributed by atoms with van der Waals surface area (Å²) in [5.41, 5.74) is 8.94. The van der Waals surface area contributed by atoms with Crippen molar-refractivity contribution < 1.29 is 9.53 Å². The van der Waals surface area contributed by atoms with Crippen molar-refractivity contribution in [1.29, 1.82) is 5.41 Å². The molecule has 1 aromatic carbocycles. The molecule has 3 heterocycles. The molecule has 0 atom stereocenters. The number of aryl methyl sites for hydroxylation is 2. The van der Waals surface area contributed by atoms with E-state index in [0.717, 1.165) is 28.5 Å². The van der Waals surface area contributed by atoms with Crippen molar-refractivity contribution in [2.75, 3.05) is 18.5 Å². The minimum atomic E-state index is -0.296. The van der Waals surface area contributed by atoms with Crippen LogP contribution in [0.3, 0.4) is 0 Å². The summed E-state index contributed by atoms with van der Waals surface area (Å²) in [5.74, 6) is 0.126.